The van der Waals surface area contributed by atoms with Crippen molar-refractivity contribution in [2.45, 2.75) is 13.5 Å². The predicted octanol–water partition coefficient (Wildman–Crippen LogP) is 2.94. The zero-order valence-electron chi connectivity index (χ0n) is 13.1. The lowest BCUT2D eigenvalue weighted by atomic mass is 10.1. The minimum absolute atomic E-state index is 0.357. The van der Waals surface area contributed by atoms with E-state index in [1.807, 2.05) is 36.4 Å². The number of aliphatic imine (C=N–C) groups is 1. The van der Waals surface area contributed by atoms with E-state index < -0.39 is 0 Å². The van der Waals surface area contributed by atoms with E-state index in [9.17, 15) is 0 Å². The normalized spacial score (nSPS) is 11.1. The number of methoxy groups -OCH3 is 2. The summed E-state index contributed by atoms with van der Waals surface area (Å²) in [5.74, 6) is 1.66. The van der Waals surface area contributed by atoms with Crippen LogP contribution in [0.3, 0.4) is 0 Å². The van der Waals surface area contributed by atoms with Gasteiger partial charge in [-0.25, -0.2) is 4.99 Å². The van der Waals surface area contributed by atoms with Gasteiger partial charge in [-0.3, -0.25) is 0 Å². The summed E-state index contributed by atoms with van der Waals surface area (Å²) in [6.45, 7) is 2.60. The topological polar surface area (TPSA) is 68.9 Å². The molecule has 0 bridgehead atoms. The van der Waals surface area contributed by atoms with Crippen LogP contribution in [0.1, 0.15) is 11.1 Å². The number of hydrogen-bond acceptors (Lipinski definition) is 3. The molecule has 0 aliphatic heterocycles. The van der Waals surface area contributed by atoms with Crippen molar-refractivity contribution in [1.82, 2.24) is 0 Å². The van der Waals surface area contributed by atoms with Gasteiger partial charge < -0.3 is 20.5 Å². The predicted molar refractivity (Wildman–Crippen MR) is 89.7 cm³/mol. The summed E-state index contributed by atoms with van der Waals surface area (Å²) in [6, 6.07) is 13.6. The van der Waals surface area contributed by atoms with Crippen molar-refractivity contribution in [2.24, 2.45) is 10.7 Å². The average molecular weight is 299 g/mol. The number of rotatable bonds is 5. The molecular formula is C17H21N3O2. The van der Waals surface area contributed by atoms with Crippen LogP contribution in [-0.2, 0) is 6.54 Å². The molecule has 0 aromatic heterocycles. The number of nitrogens with zero attached hydrogens (tertiary/aromatic N) is 1. The number of anilines is 1. The van der Waals surface area contributed by atoms with Gasteiger partial charge in [0.25, 0.3) is 0 Å². The Balaban J connectivity index is 2.07. The highest BCUT2D eigenvalue weighted by Crippen LogP contribution is 2.29. The Morgan fingerprint density at radius 1 is 1.09 bits per heavy atom. The van der Waals surface area contributed by atoms with Crippen LogP contribution < -0.4 is 20.5 Å². The minimum Gasteiger partial charge on any atom is -0.493 e. The third-order valence-corrected chi connectivity index (χ3v) is 3.34. The lowest BCUT2D eigenvalue weighted by Gasteiger charge is -2.11. The van der Waals surface area contributed by atoms with Crippen LogP contribution >= 0.6 is 0 Å². The molecule has 2 aromatic rings. The van der Waals surface area contributed by atoms with Gasteiger partial charge in [-0.05, 0) is 30.2 Å². The molecule has 0 atom stereocenters. The van der Waals surface area contributed by atoms with Gasteiger partial charge in [0.2, 0.25) is 0 Å². The summed E-state index contributed by atoms with van der Waals surface area (Å²) in [4.78, 5) is 4.36. The van der Waals surface area contributed by atoms with E-state index in [2.05, 4.69) is 23.3 Å². The standard InChI is InChI=1S/C17H21N3O2/c1-12-6-4-5-7-13(12)11-19-17(18)20-14-8-9-15(21-2)16(10-14)22-3/h4-10H,11H2,1-3H3,(H3,18,19,20). The molecule has 0 spiro atoms. The maximum Gasteiger partial charge on any atom is 0.193 e. The van der Waals surface area contributed by atoms with Crippen molar-refractivity contribution < 1.29 is 9.47 Å². The molecule has 5 nitrogen and oxygen atoms in total. The molecule has 0 radical (unpaired) electrons. The summed E-state index contributed by atoms with van der Waals surface area (Å²) >= 11 is 0. The SMILES string of the molecule is COc1ccc(NC(N)=NCc2ccccc2C)cc1OC. The van der Waals surface area contributed by atoms with Gasteiger partial charge in [-0.2, -0.15) is 0 Å². The molecule has 0 saturated heterocycles. The molecule has 3 N–H and O–H groups in total. The first-order valence-corrected chi connectivity index (χ1v) is 6.97. The van der Waals surface area contributed by atoms with E-state index >= 15 is 0 Å². The van der Waals surface area contributed by atoms with Gasteiger partial charge in [-0.15, -0.1) is 0 Å². The highest BCUT2D eigenvalue weighted by atomic mass is 16.5. The van der Waals surface area contributed by atoms with Crippen molar-refractivity contribution in [2.75, 3.05) is 19.5 Å². The lowest BCUT2D eigenvalue weighted by Crippen LogP contribution is -2.22. The van der Waals surface area contributed by atoms with Crippen molar-refractivity contribution in [3.63, 3.8) is 0 Å². The van der Waals surface area contributed by atoms with E-state index in [1.54, 1.807) is 14.2 Å². The molecule has 22 heavy (non-hydrogen) atoms. The number of guanidine groups is 1. The van der Waals surface area contributed by atoms with E-state index in [1.165, 1.54) is 5.56 Å². The maximum absolute atomic E-state index is 5.93. The van der Waals surface area contributed by atoms with Gasteiger partial charge in [0.1, 0.15) is 0 Å². The van der Waals surface area contributed by atoms with Crippen molar-refractivity contribution in [3.8, 4) is 11.5 Å². The van der Waals surface area contributed by atoms with Crippen molar-refractivity contribution in [3.05, 3.63) is 53.6 Å². The Kier molecular flexibility index (Phi) is 5.25. The number of nitrogens with one attached hydrogen (secondary N) is 1. The molecule has 0 saturated carbocycles. The second kappa shape index (κ2) is 7.36. The third kappa shape index (κ3) is 3.91. The van der Waals surface area contributed by atoms with Gasteiger partial charge in [0.05, 0.1) is 20.8 Å². The summed E-state index contributed by atoms with van der Waals surface area (Å²) in [7, 11) is 3.19. The average Bonchev–Trinajstić information content (AvgIpc) is 2.54. The Morgan fingerprint density at radius 2 is 1.82 bits per heavy atom. The van der Waals surface area contributed by atoms with Gasteiger partial charge in [0, 0.05) is 11.8 Å². The molecule has 0 aliphatic carbocycles. The minimum atomic E-state index is 0.357. The van der Waals surface area contributed by atoms with Crippen LogP contribution in [0, 0.1) is 6.92 Å². The number of aryl methyl sites for hydroxylation is 1. The molecule has 2 aromatic carbocycles. The molecule has 0 heterocycles. The fourth-order valence-corrected chi connectivity index (χ4v) is 2.06. The molecule has 5 heteroatoms. The van der Waals surface area contributed by atoms with Gasteiger partial charge in [0.15, 0.2) is 17.5 Å². The highest BCUT2D eigenvalue weighted by molar-refractivity contribution is 5.92. The van der Waals surface area contributed by atoms with E-state index in [0.29, 0.717) is 24.0 Å². The summed E-state index contributed by atoms with van der Waals surface area (Å²) in [6.07, 6.45) is 0. The zero-order chi connectivity index (χ0) is 15.9. The number of hydrogen-bond donors (Lipinski definition) is 2. The number of benzene rings is 2. The van der Waals surface area contributed by atoms with Crippen molar-refractivity contribution >= 4 is 11.6 Å². The summed E-state index contributed by atoms with van der Waals surface area (Å²) in [5.41, 5.74) is 9.08. The van der Waals surface area contributed by atoms with E-state index in [-0.39, 0.29) is 0 Å². The third-order valence-electron chi connectivity index (χ3n) is 3.34. The monoisotopic (exact) mass is 299 g/mol. The molecule has 0 aliphatic rings. The van der Waals surface area contributed by atoms with Gasteiger partial charge >= 0.3 is 0 Å². The highest BCUT2D eigenvalue weighted by Gasteiger charge is 2.05. The van der Waals surface area contributed by atoms with Crippen LogP contribution in [0.15, 0.2) is 47.5 Å². The Hall–Kier alpha value is -2.69. The molecule has 2 rings (SSSR count). The van der Waals surface area contributed by atoms with Gasteiger partial charge in [-0.1, -0.05) is 24.3 Å². The molecule has 116 valence electrons. The molecule has 0 amide bonds. The quantitative estimate of drug-likeness (QED) is 0.658. The summed E-state index contributed by atoms with van der Waals surface area (Å²) < 4.78 is 10.5. The largest absolute Gasteiger partial charge is 0.493 e. The zero-order valence-corrected chi connectivity index (χ0v) is 13.1. The van der Waals surface area contributed by atoms with Crippen LogP contribution in [0.2, 0.25) is 0 Å². The van der Waals surface area contributed by atoms with E-state index in [0.717, 1.165) is 11.3 Å². The molecular weight excluding hydrogens is 278 g/mol. The Labute approximate surface area is 130 Å². The fraction of sp³-hybridized carbons (Fsp3) is 0.235. The van der Waals surface area contributed by atoms with Crippen LogP contribution in [0.25, 0.3) is 0 Å². The van der Waals surface area contributed by atoms with Crippen LogP contribution in [0.4, 0.5) is 5.69 Å². The second-order valence-corrected chi connectivity index (χ2v) is 4.82. The van der Waals surface area contributed by atoms with Crippen molar-refractivity contribution in [1.29, 1.82) is 0 Å². The fourth-order valence-electron chi connectivity index (χ4n) is 2.06. The Bertz CT molecular complexity index is 669. The van der Waals surface area contributed by atoms with Crippen LogP contribution in [-0.4, -0.2) is 20.2 Å². The molecule has 0 fully saturated rings. The summed E-state index contributed by atoms with van der Waals surface area (Å²) in [5, 5.41) is 3.05. The first-order valence-electron chi connectivity index (χ1n) is 6.97. The maximum atomic E-state index is 5.93. The number of ether oxygens (including phenoxy) is 2. The second-order valence-electron chi connectivity index (χ2n) is 4.82. The number of nitrogens with two attached hydrogens (primary N) is 1. The first kappa shape index (κ1) is 15.7. The Morgan fingerprint density at radius 3 is 2.50 bits per heavy atom. The molecule has 0 unspecified atom stereocenters. The smallest absolute Gasteiger partial charge is 0.193 e. The lowest BCUT2D eigenvalue weighted by molar-refractivity contribution is 0.355. The van der Waals surface area contributed by atoms with Crippen LogP contribution in [0.5, 0.6) is 11.5 Å². The van der Waals surface area contributed by atoms with E-state index in [4.69, 9.17) is 15.2 Å². The first-order chi connectivity index (χ1) is 10.6.